The molecule has 5 atom stereocenters. The van der Waals surface area contributed by atoms with Crippen LogP contribution in [0.25, 0.3) is 0 Å². The summed E-state index contributed by atoms with van der Waals surface area (Å²) in [4.78, 5) is 71.6. The Labute approximate surface area is 191 Å². The molecular weight excluding hydrogens is 438 g/mol. The molecule has 4 amide bonds. The maximum atomic E-state index is 12.8. The molecule has 0 bridgehead atoms. The summed E-state index contributed by atoms with van der Waals surface area (Å²) >= 11 is 0. The Hall–Kier alpha value is -3.22. The molecule has 0 spiro atoms. The van der Waals surface area contributed by atoms with E-state index in [0.29, 0.717) is 19.4 Å². The van der Waals surface area contributed by atoms with E-state index in [2.05, 4.69) is 21.3 Å². The number of nitrogens with one attached hydrogen (secondary N) is 4. The van der Waals surface area contributed by atoms with Crippen LogP contribution < -0.4 is 27.0 Å². The topological polar surface area (TPSA) is 217 Å². The lowest BCUT2D eigenvalue weighted by molar-refractivity contribution is -0.144. The summed E-state index contributed by atoms with van der Waals surface area (Å²) in [6, 6.07) is -4.57. The smallest absolute Gasteiger partial charge is 0.326 e. The molecule has 0 aromatic rings. The van der Waals surface area contributed by atoms with Crippen molar-refractivity contribution in [1.82, 2.24) is 21.3 Å². The van der Waals surface area contributed by atoms with Gasteiger partial charge in [-0.25, -0.2) is 4.79 Å². The molecule has 0 aliphatic carbocycles. The molecular formula is C20H33N5O8. The Morgan fingerprint density at radius 3 is 2.18 bits per heavy atom. The van der Waals surface area contributed by atoms with Gasteiger partial charge in [-0.15, -0.1) is 0 Å². The van der Waals surface area contributed by atoms with E-state index in [-0.39, 0.29) is 12.8 Å². The Balaban J connectivity index is 2.95. The first kappa shape index (κ1) is 27.8. The molecule has 186 valence electrons. The standard InChI is InChI=1S/C20H33N5O8/c1-3-10(2)16(19(31)23-12(20(32)33)6-7-14(21)26)25-18(30)13(9-15(27)28)24-17(29)11-5-4-8-22-11/h10-13,16,22H,3-9H2,1-2H3,(H2,21,26)(H,23,31)(H,24,29)(H,25,30)(H,27,28)(H,32,33). The molecule has 0 aromatic heterocycles. The summed E-state index contributed by atoms with van der Waals surface area (Å²) in [7, 11) is 0. The minimum absolute atomic E-state index is 0.232. The lowest BCUT2D eigenvalue weighted by Gasteiger charge is -2.27. The molecule has 1 aliphatic rings. The molecule has 0 saturated carbocycles. The second-order valence-electron chi connectivity index (χ2n) is 8.08. The zero-order valence-electron chi connectivity index (χ0n) is 18.8. The van der Waals surface area contributed by atoms with Crippen LogP contribution >= 0.6 is 0 Å². The van der Waals surface area contributed by atoms with Gasteiger partial charge in [0, 0.05) is 6.42 Å². The highest BCUT2D eigenvalue weighted by molar-refractivity contribution is 5.95. The van der Waals surface area contributed by atoms with E-state index in [4.69, 9.17) is 10.8 Å². The van der Waals surface area contributed by atoms with Crippen molar-refractivity contribution >= 4 is 35.6 Å². The molecule has 8 N–H and O–H groups in total. The minimum Gasteiger partial charge on any atom is -0.481 e. The van der Waals surface area contributed by atoms with E-state index in [1.807, 2.05) is 0 Å². The SMILES string of the molecule is CCC(C)C(NC(=O)C(CC(=O)O)NC(=O)C1CCCN1)C(=O)NC(CCC(N)=O)C(=O)O. The van der Waals surface area contributed by atoms with Gasteiger partial charge in [-0.3, -0.25) is 24.0 Å². The molecule has 13 nitrogen and oxygen atoms in total. The summed E-state index contributed by atoms with van der Waals surface area (Å²) in [5.41, 5.74) is 5.04. The molecule has 33 heavy (non-hydrogen) atoms. The molecule has 0 aromatic carbocycles. The van der Waals surface area contributed by atoms with Gasteiger partial charge < -0.3 is 37.2 Å². The second-order valence-corrected chi connectivity index (χ2v) is 8.08. The van der Waals surface area contributed by atoms with Gasteiger partial charge in [0.25, 0.3) is 0 Å². The molecule has 0 radical (unpaired) electrons. The van der Waals surface area contributed by atoms with Gasteiger partial charge in [0.1, 0.15) is 18.1 Å². The van der Waals surface area contributed by atoms with Crippen LogP contribution in [0, 0.1) is 5.92 Å². The monoisotopic (exact) mass is 471 g/mol. The van der Waals surface area contributed by atoms with E-state index < -0.39 is 72.1 Å². The number of primary amides is 1. The van der Waals surface area contributed by atoms with Gasteiger partial charge in [0.15, 0.2) is 0 Å². The van der Waals surface area contributed by atoms with Gasteiger partial charge in [-0.05, 0) is 31.7 Å². The fourth-order valence-corrected chi connectivity index (χ4v) is 3.33. The summed E-state index contributed by atoms with van der Waals surface area (Å²) < 4.78 is 0. The van der Waals surface area contributed by atoms with Gasteiger partial charge >= 0.3 is 11.9 Å². The first-order valence-electron chi connectivity index (χ1n) is 10.8. The predicted molar refractivity (Wildman–Crippen MR) is 115 cm³/mol. The third kappa shape index (κ3) is 9.43. The number of nitrogens with two attached hydrogens (primary N) is 1. The van der Waals surface area contributed by atoms with Crippen molar-refractivity contribution in [3.8, 4) is 0 Å². The minimum atomic E-state index is -1.43. The lowest BCUT2D eigenvalue weighted by atomic mass is 9.97. The van der Waals surface area contributed by atoms with Crippen LogP contribution in [-0.2, 0) is 28.8 Å². The third-order valence-corrected chi connectivity index (χ3v) is 5.48. The number of amides is 4. The van der Waals surface area contributed by atoms with E-state index in [1.165, 1.54) is 0 Å². The number of carboxylic acids is 2. The summed E-state index contributed by atoms with van der Waals surface area (Å²) in [5, 5.41) is 28.6. The van der Waals surface area contributed by atoms with Crippen molar-refractivity contribution in [2.75, 3.05) is 6.54 Å². The van der Waals surface area contributed by atoms with Crippen LogP contribution in [0.4, 0.5) is 0 Å². The fraction of sp³-hybridized carbons (Fsp3) is 0.700. The highest BCUT2D eigenvalue weighted by atomic mass is 16.4. The van der Waals surface area contributed by atoms with Crippen molar-refractivity contribution in [3.05, 3.63) is 0 Å². The number of hydrogen-bond donors (Lipinski definition) is 7. The quantitative estimate of drug-likeness (QED) is 0.150. The van der Waals surface area contributed by atoms with Crippen LogP contribution in [0.15, 0.2) is 0 Å². The fourth-order valence-electron chi connectivity index (χ4n) is 3.33. The summed E-state index contributed by atoms with van der Waals surface area (Å²) in [6.45, 7) is 4.03. The second kappa shape index (κ2) is 13.4. The maximum absolute atomic E-state index is 12.8. The van der Waals surface area contributed by atoms with Gasteiger partial charge in [-0.2, -0.15) is 0 Å². The van der Waals surface area contributed by atoms with Crippen molar-refractivity contribution in [2.24, 2.45) is 11.7 Å². The van der Waals surface area contributed by atoms with Crippen LogP contribution in [0.2, 0.25) is 0 Å². The van der Waals surface area contributed by atoms with Crippen molar-refractivity contribution in [3.63, 3.8) is 0 Å². The van der Waals surface area contributed by atoms with E-state index in [9.17, 15) is 33.9 Å². The molecule has 13 heteroatoms. The van der Waals surface area contributed by atoms with Crippen molar-refractivity contribution in [2.45, 2.75) is 76.5 Å². The molecule has 1 aliphatic heterocycles. The summed E-state index contributed by atoms with van der Waals surface area (Å²) in [6.07, 6.45) is 0.551. The van der Waals surface area contributed by atoms with Crippen LogP contribution in [0.3, 0.4) is 0 Å². The Bertz CT molecular complexity index is 753. The van der Waals surface area contributed by atoms with Gasteiger partial charge in [-0.1, -0.05) is 20.3 Å². The number of rotatable bonds is 14. The number of hydrogen-bond acceptors (Lipinski definition) is 7. The predicted octanol–water partition coefficient (Wildman–Crippen LogP) is -1.94. The van der Waals surface area contributed by atoms with Gasteiger partial charge in [0.2, 0.25) is 23.6 Å². The zero-order chi connectivity index (χ0) is 25.1. The molecule has 1 rings (SSSR count). The molecule has 1 saturated heterocycles. The zero-order valence-corrected chi connectivity index (χ0v) is 18.8. The number of carbonyl (C=O) groups excluding carboxylic acids is 4. The Morgan fingerprint density at radius 2 is 1.70 bits per heavy atom. The normalized spacial score (nSPS) is 18.9. The maximum Gasteiger partial charge on any atom is 0.326 e. The van der Waals surface area contributed by atoms with E-state index in [1.54, 1.807) is 13.8 Å². The number of aliphatic carboxylic acids is 2. The van der Waals surface area contributed by atoms with E-state index in [0.717, 1.165) is 6.42 Å². The largest absolute Gasteiger partial charge is 0.481 e. The van der Waals surface area contributed by atoms with Gasteiger partial charge in [0.05, 0.1) is 12.5 Å². The highest BCUT2D eigenvalue weighted by Gasteiger charge is 2.34. The molecule has 1 heterocycles. The number of carbonyl (C=O) groups is 6. The van der Waals surface area contributed by atoms with Crippen molar-refractivity contribution < 1.29 is 39.0 Å². The summed E-state index contributed by atoms with van der Waals surface area (Å²) in [5.74, 6) is -6.09. The lowest BCUT2D eigenvalue weighted by Crippen LogP contribution is -2.59. The number of carboxylic acid groups (broad SMARTS) is 2. The Morgan fingerprint density at radius 1 is 1.03 bits per heavy atom. The Kier molecular flexibility index (Phi) is 11.3. The van der Waals surface area contributed by atoms with E-state index >= 15 is 0 Å². The third-order valence-electron chi connectivity index (χ3n) is 5.48. The average Bonchev–Trinajstić information content (AvgIpc) is 3.27. The van der Waals surface area contributed by atoms with Crippen molar-refractivity contribution in [1.29, 1.82) is 0 Å². The van der Waals surface area contributed by atoms with Crippen LogP contribution in [0.1, 0.15) is 52.4 Å². The molecule has 5 unspecified atom stereocenters. The average molecular weight is 472 g/mol. The highest BCUT2D eigenvalue weighted by Crippen LogP contribution is 2.11. The first-order chi connectivity index (χ1) is 15.5. The van der Waals surface area contributed by atoms with Crippen LogP contribution in [-0.4, -0.2) is 76.5 Å². The first-order valence-corrected chi connectivity index (χ1v) is 10.8. The van der Waals surface area contributed by atoms with Crippen LogP contribution in [0.5, 0.6) is 0 Å². The molecule has 1 fully saturated rings.